The lowest BCUT2D eigenvalue weighted by molar-refractivity contribution is -0.132. The van der Waals surface area contributed by atoms with Gasteiger partial charge in [0.05, 0.1) is 11.3 Å². The number of anilines is 1. The van der Waals surface area contributed by atoms with Crippen molar-refractivity contribution in [2.45, 2.75) is 13.0 Å². The van der Waals surface area contributed by atoms with Gasteiger partial charge in [-0.05, 0) is 55.0 Å². The first-order valence-electron chi connectivity index (χ1n) is 9.84. The van der Waals surface area contributed by atoms with Crippen molar-refractivity contribution in [1.29, 1.82) is 0 Å². The summed E-state index contributed by atoms with van der Waals surface area (Å²) in [5, 5.41) is 11.6. The van der Waals surface area contributed by atoms with Crippen LogP contribution in [0.15, 0.2) is 66.4 Å². The molecule has 7 nitrogen and oxygen atoms in total. The first-order valence-corrected chi connectivity index (χ1v) is 10.2. The predicted molar refractivity (Wildman–Crippen MR) is 118 cm³/mol. The zero-order valence-electron chi connectivity index (χ0n) is 16.9. The number of rotatable bonds is 3. The second-order valence-corrected chi connectivity index (χ2v) is 7.83. The molecular formula is C24H17ClN2O5. The topological polar surface area (TPSA) is 89.0 Å². The smallest absolute Gasteiger partial charge is 0.300 e. The number of halogens is 1. The van der Waals surface area contributed by atoms with Gasteiger partial charge in [-0.2, -0.15) is 0 Å². The summed E-state index contributed by atoms with van der Waals surface area (Å²) in [6.45, 7) is 1.92. The van der Waals surface area contributed by atoms with Gasteiger partial charge in [0.15, 0.2) is 11.5 Å². The van der Waals surface area contributed by atoms with Crippen molar-refractivity contribution in [3.8, 4) is 11.5 Å². The van der Waals surface area contributed by atoms with Crippen molar-refractivity contribution in [2.24, 2.45) is 0 Å². The Morgan fingerprint density at radius 1 is 1.09 bits per heavy atom. The monoisotopic (exact) mass is 448 g/mol. The number of amides is 1. The number of fused-ring (bicyclic) bond motifs is 1. The van der Waals surface area contributed by atoms with Crippen LogP contribution in [-0.4, -0.2) is 28.6 Å². The van der Waals surface area contributed by atoms with E-state index in [1.807, 2.05) is 6.92 Å². The molecule has 2 aliphatic heterocycles. The van der Waals surface area contributed by atoms with Gasteiger partial charge in [0.2, 0.25) is 6.79 Å². The third-order valence-corrected chi connectivity index (χ3v) is 5.90. The zero-order valence-corrected chi connectivity index (χ0v) is 17.7. The Kier molecular flexibility index (Phi) is 4.83. The standard InChI is InChI=1S/C24H17ClN2O5/c1-13-5-7-15(11-16(13)25)27-21(17-4-2-3-9-26-17)20(23(29)24(27)30)22(28)14-6-8-18-19(10-14)32-12-31-18/h2-11,21,28H,12H2,1H3/b22-20-. The number of carbonyl (C=O) groups excluding carboxylic acids is 2. The molecule has 0 spiro atoms. The Morgan fingerprint density at radius 2 is 1.91 bits per heavy atom. The highest BCUT2D eigenvalue weighted by Gasteiger charge is 2.47. The number of nitrogens with zero attached hydrogens (tertiary/aromatic N) is 2. The third kappa shape index (κ3) is 3.18. The molecule has 3 heterocycles. The molecule has 0 radical (unpaired) electrons. The fraction of sp³-hybridized carbons (Fsp3) is 0.125. The number of hydrogen-bond acceptors (Lipinski definition) is 6. The van der Waals surface area contributed by atoms with Crippen molar-refractivity contribution < 1.29 is 24.2 Å². The van der Waals surface area contributed by atoms with E-state index < -0.39 is 17.7 Å². The van der Waals surface area contributed by atoms with E-state index in [4.69, 9.17) is 21.1 Å². The quantitative estimate of drug-likeness (QED) is 0.363. The van der Waals surface area contributed by atoms with Gasteiger partial charge in [0, 0.05) is 22.5 Å². The Hall–Kier alpha value is -3.84. The molecule has 0 aliphatic carbocycles. The van der Waals surface area contributed by atoms with Crippen LogP contribution >= 0.6 is 11.6 Å². The number of aryl methyl sites for hydroxylation is 1. The van der Waals surface area contributed by atoms with Gasteiger partial charge < -0.3 is 14.6 Å². The molecule has 1 fully saturated rings. The normalized spacial score (nSPS) is 18.9. The molecule has 160 valence electrons. The van der Waals surface area contributed by atoms with Crippen LogP contribution in [0.25, 0.3) is 5.76 Å². The minimum Gasteiger partial charge on any atom is -0.507 e. The minimum atomic E-state index is -0.930. The van der Waals surface area contributed by atoms with E-state index in [1.54, 1.807) is 60.8 Å². The molecule has 1 aromatic heterocycles. The molecule has 32 heavy (non-hydrogen) atoms. The van der Waals surface area contributed by atoms with Crippen LogP contribution in [0, 0.1) is 6.92 Å². The fourth-order valence-corrected chi connectivity index (χ4v) is 4.02. The maximum Gasteiger partial charge on any atom is 0.300 e. The van der Waals surface area contributed by atoms with Crippen LogP contribution in [0.3, 0.4) is 0 Å². The van der Waals surface area contributed by atoms with Crippen molar-refractivity contribution in [3.63, 3.8) is 0 Å². The first kappa shape index (κ1) is 20.1. The number of ketones is 1. The summed E-state index contributed by atoms with van der Waals surface area (Å²) in [4.78, 5) is 32.0. The molecule has 1 saturated heterocycles. The number of aromatic nitrogens is 1. The molecule has 1 unspecified atom stereocenters. The van der Waals surface area contributed by atoms with Gasteiger partial charge in [-0.3, -0.25) is 19.5 Å². The van der Waals surface area contributed by atoms with Crippen molar-refractivity contribution in [3.05, 3.63) is 88.2 Å². The second kappa shape index (κ2) is 7.69. The van der Waals surface area contributed by atoms with Crippen molar-refractivity contribution >= 4 is 34.7 Å². The van der Waals surface area contributed by atoms with Crippen LogP contribution in [-0.2, 0) is 9.59 Å². The number of benzene rings is 2. The molecule has 2 aliphatic rings. The van der Waals surface area contributed by atoms with Gasteiger partial charge in [0.25, 0.3) is 11.7 Å². The molecule has 1 atom stereocenters. The summed E-state index contributed by atoms with van der Waals surface area (Å²) in [6.07, 6.45) is 1.57. The highest BCUT2D eigenvalue weighted by atomic mass is 35.5. The molecule has 2 aromatic carbocycles. The first-order chi connectivity index (χ1) is 15.5. The molecule has 5 rings (SSSR count). The molecule has 1 N–H and O–H groups in total. The molecular weight excluding hydrogens is 432 g/mol. The Morgan fingerprint density at radius 3 is 2.66 bits per heavy atom. The zero-order chi connectivity index (χ0) is 22.4. The van der Waals surface area contributed by atoms with E-state index in [2.05, 4.69) is 4.98 Å². The van der Waals surface area contributed by atoms with Crippen LogP contribution in [0.4, 0.5) is 5.69 Å². The summed E-state index contributed by atoms with van der Waals surface area (Å²) in [5.41, 5.74) is 1.97. The summed E-state index contributed by atoms with van der Waals surface area (Å²) in [6, 6.07) is 14.2. The number of ether oxygens (including phenoxy) is 2. The lowest BCUT2D eigenvalue weighted by Gasteiger charge is -2.25. The lowest BCUT2D eigenvalue weighted by atomic mass is 9.98. The minimum absolute atomic E-state index is 0.0655. The largest absolute Gasteiger partial charge is 0.507 e. The van der Waals surface area contributed by atoms with Crippen LogP contribution in [0.5, 0.6) is 11.5 Å². The van der Waals surface area contributed by atoms with E-state index in [0.717, 1.165) is 5.56 Å². The highest BCUT2D eigenvalue weighted by Crippen LogP contribution is 2.43. The summed E-state index contributed by atoms with van der Waals surface area (Å²) in [5.74, 6) is -0.922. The van der Waals surface area contributed by atoms with Crippen molar-refractivity contribution in [2.75, 3.05) is 11.7 Å². The van der Waals surface area contributed by atoms with Gasteiger partial charge in [0.1, 0.15) is 11.8 Å². The second-order valence-electron chi connectivity index (χ2n) is 7.43. The maximum absolute atomic E-state index is 13.1. The third-order valence-electron chi connectivity index (χ3n) is 5.49. The van der Waals surface area contributed by atoms with Crippen molar-refractivity contribution in [1.82, 2.24) is 4.98 Å². The molecule has 0 saturated carbocycles. The lowest BCUT2D eigenvalue weighted by Crippen LogP contribution is -2.29. The fourth-order valence-electron chi connectivity index (χ4n) is 3.85. The summed E-state index contributed by atoms with van der Waals surface area (Å²) in [7, 11) is 0. The van der Waals surface area contributed by atoms with E-state index >= 15 is 0 Å². The van der Waals surface area contributed by atoms with E-state index in [-0.39, 0.29) is 18.1 Å². The number of hydrogen-bond donors (Lipinski definition) is 1. The Bertz CT molecular complexity index is 1290. The van der Waals surface area contributed by atoms with Gasteiger partial charge in [-0.15, -0.1) is 0 Å². The summed E-state index contributed by atoms with van der Waals surface area (Å²) < 4.78 is 10.7. The maximum atomic E-state index is 13.1. The molecule has 8 heteroatoms. The number of aliphatic hydroxyl groups excluding tert-OH is 1. The van der Waals surface area contributed by atoms with Crippen LogP contribution < -0.4 is 14.4 Å². The van der Waals surface area contributed by atoms with Crippen LogP contribution in [0.2, 0.25) is 5.02 Å². The molecule has 0 bridgehead atoms. The highest BCUT2D eigenvalue weighted by molar-refractivity contribution is 6.51. The van der Waals surface area contributed by atoms with Gasteiger partial charge in [-0.1, -0.05) is 23.7 Å². The number of Topliss-reactive ketones (excluding diaryl/α,β-unsaturated/α-hetero) is 1. The van der Waals surface area contributed by atoms with Crippen LogP contribution in [0.1, 0.15) is 22.9 Å². The van der Waals surface area contributed by atoms with E-state index in [0.29, 0.717) is 33.5 Å². The number of pyridine rings is 1. The predicted octanol–water partition coefficient (Wildman–Crippen LogP) is 4.40. The average Bonchev–Trinajstić information content (AvgIpc) is 3.38. The average molecular weight is 449 g/mol. The number of aliphatic hydroxyl groups is 1. The molecule has 1 amide bonds. The summed E-state index contributed by atoms with van der Waals surface area (Å²) >= 11 is 6.29. The van der Waals surface area contributed by atoms with E-state index in [9.17, 15) is 14.7 Å². The SMILES string of the molecule is Cc1ccc(N2C(=O)C(=O)/C(=C(\O)c3ccc4c(c3)OCO4)C2c2ccccn2)cc1Cl. The van der Waals surface area contributed by atoms with E-state index in [1.165, 1.54) is 4.90 Å². The van der Waals surface area contributed by atoms with Gasteiger partial charge >= 0.3 is 0 Å². The Balaban J connectivity index is 1.70. The Labute approximate surface area is 188 Å². The van der Waals surface area contributed by atoms with Gasteiger partial charge in [-0.25, -0.2) is 0 Å². The molecule has 3 aromatic rings. The number of carbonyl (C=O) groups is 2.